The highest BCUT2D eigenvalue weighted by Crippen LogP contribution is 2.41. The van der Waals surface area contributed by atoms with Gasteiger partial charge in [-0.25, -0.2) is 0 Å². The SMILES string of the molecule is COCCN(CC1CO1)c1ccc(C(c2ccc(N(CCOC)CC3CO3)cc2)C(F)(F)F)cc1. The molecule has 2 aromatic rings. The van der Waals surface area contributed by atoms with E-state index in [0.29, 0.717) is 52.6 Å². The molecule has 2 atom stereocenters. The summed E-state index contributed by atoms with van der Waals surface area (Å²) in [6, 6.07) is 13.3. The maximum atomic E-state index is 14.2. The lowest BCUT2D eigenvalue weighted by atomic mass is 9.90. The third-order valence-corrected chi connectivity index (χ3v) is 6.29. The molecule has 35 heavy (non-hydrogen) atoms. The number of hydrogen-bond acceptors (Lipinski definition) is 6. The maximum absolute atomic E-state index is 14.2. The van der Waals surface area contributed by atoms with Crippen LogP contribution >= 0.6 is 0 Å². The molecule has 0 aliphatic carbocycles. The second-order valence-electron chi connectivity index (χ2n) is 8.95. The van der Waals surface area contributed by atoms with Crippen molar-refractivity contribution >= 4 is 11.4 Å². The summed E-state index contributed by atoms with van der Waals surface area (Å²) in [7, 11) is 3.26. The minimum atomic E-state index is -4.42. The largest absolute Gasteiger partial charge is 0.399 e. The number of methoxy groups -OCH3 is 2. The van der Waals surface area contributed by atoms with Crippen LogP contribution in [0.3, 0.4) is 0 Å². The topological polar surface area (TPSA) is 50.0 Å². The molecule has 6 nitrogen and oxygen atoms in total. The number of halogens is 3. The van der Waals surface area contributed by atoms with Gasteiger partial charge in [0, 0.05) is 51.8 Å². The van der Waals surface area contributed by atoms with E-state index in [-0.39, 0.29) is 23.3 Å². The first-order valence-corrected chi connectivity index (χ1v) is 11.9. The highest BCUT2D eigenvalue weighted by atomic mass is 19.4. The zero-order valence-corrected chi connectivity index (χ0v) is 20.2. The van der Waals surface area contributed by atoms with Gasteiger partial charge in [0.25, 0.3) is 0 Å². The Hall–Kier alpha value is -2.33. The van der Waals surface area contributed by atoms with E-state index in [1.807, 2.05) is 0 Å². The molecule has 0 radical (unpaired) electrons. The summed E-state index contributed by atoms with van der Waals surface area (Å²) in [5.41, 5.74) is 2.14. The molecule has 0 spiro atoms. The van der Waals surface area contributed by atoms with Crippen molar-refractivity contribution in [2.24, 2.45) is 0 Å². The Labute approximate surface area is 204 Å². The van der Waals surface area contributed by atoms with Crippen molar-refractivity contribution in [2.45, 2.75) is 24.3 Å². The number of hydrogen-bond donors (Lipinski definition) is 0. The summed E-state index contributed by atoms with van der Waals surface area (Å²) in [4.78, 5) is 4.17. The van der Waals surface area contributed by atoms with Gasteiger partial charge in [-0.15, -0.1) is 0 Å². The first kappa shape index (κ1) is 25.8. The fourth-order valence-electron chi connectivity index (χ4n) is 4.22. The number of alkyl halides is 3. The van der Waals surface area contributed by atoms with Crippen molar-refractivity contribution in [1.82, 2.24) is 0 Å². The smallest absolute Gasteiger partial charge is 0.383 e. The Morgan fingerprint density at radius 2 is 1.14 bits per heavy atom. The first-order valence-electron chi connectivity index (χ1n) is 11.9. The Balaban J connectivity index is 1.52. The molecule has 2 saturated heterocycles. The zero-order valence-electron chi connectivity index (χ0n) is 20.2. The number of benzene rings is 2. The summed E-state index contributed by atoms with van der Waals surface area (Å²) in [5, 5.41) is 0. The van der Waals surface area contributed by atoms with Crippen LogP contribution in [0.25, 0.3) is 0 Å². The molecule has 9 heteroatoms. The number of nitrogens with zero attached hydrogens (tertiary/aromatic N) is 2. The molecule has 4 rings (SSSR count). The molecule has 0 aromatic heterocycles. The monoisotopic (exact) mass is 494 g/mol. The van der Waals surface area contributed by atoms with Crippen LogP contribution in [0.5, 0.6) is 0 Å². The van der Waals surface area contributed by atoms with Gasteiger partial charge in [-0.3, -0.25) is 0 Å². The minimum Gasteiger partial charge on any atom is -0.383 e. The van der Waals surface area contributed by atoms with Gasteiger partial charge in [-0.1, -0.05) is 24.3 Å². The molecule has 0 bridgehead atoms. The van der Waals surface area contributed by atoms with Crippen LogP contribution in [0.1, 0.15) is 17.0 Å². The Bertz CT molecular complexity index is 846. The molecule has 2 aromatic carbocycles. The average molecular weight is 495 g/mol. The first-order chi connectivity index (χ1) is 16.9. The van der Waals surface area contributed by atoms with E-state index in [0.717, 1.165) is 11.4 Å². The van der Waals surface area contributed by atoms with Crippen LogP contribution < -0.4 is 9.80 Å². The molecule has 2 heterocycles. The van der Waals surface area contributed by atoms with E-state index >= 15 is 0 Å². The van der Waals surface area contributed by atoms with E-state index < -0.39 is 12.1 Å². The van der Waals surface area contributed by atoms with Crippen molar-refractivity contribution in [2.75, 3.05) is 76.6 Å². The lowest BCUT2D eigenvalue weighted by Gasteiger charge is -2.27. The van der Waals surface area contributed by atoms with E-state index in [4.69, 9.17) is 18.9 Å². The van der Waals surface area contributed by atoms with E-state index in [9.17, 15) is 13.2 Å². The molecule has 2 unspecified atom stereocenters. The summed E-state index contributed by atoms with van der Waals surface area (Å²) >= 11 is 0. The van der Waals surface area contributed by atoms with E-state index in [1.165, 1.54) is 0 Å². The van der Waals surface area contributed by atoms with Crippen molar-refractivity contribution in [1.29, 1.82) is 0 Å². The van der Waals surface area contributed by atoms with Crippen molar-refractivity contribution in [3.63, 3.8) is 0 Å². The minimum absolute atomic E-state index is 0.169. The van der Waals surface area contributed by atoms with Gasteiger partial charge in [-0.2, -0.15) is 13.2 Å². The second kappa shape index (κ2) is 11.6. The van der Waals surface area contributed by atoms with Gasteiger partial charge in [0.15, 0.2) is 0 Å². The van der Waals surface area contributed by atoms with E-state index in [1.54, 1.807) is 62.8 Å². The average Bonchev–Trinajstić information content (AvgIpc) is 3.76. The summed E-state index contributed by atoms with van der Waals surface area (Å²) < 4.78 is 63.7. The highest BCUT2D eigenvalue weighted by Gasteiger charge is 2.42. The zero-order chi connectivity index (χ0) is 24.8. The van der Waals surface area contributed by atoms with Gasteiger partial charge in [0.05, 0.1) is 38.6 Å². The van der Waals surface area contributed by atoms with Crippen molar-refractivity contribution < 1.29 is 32.1 Å². The van der Waals surface area contributed by atoms with Crippen molar-refractivity contribution in [3.8, 4) is 0 Å². The van der Waals surface area contributed by atoms with Gasteiger partial charge in [-0.05, 0) is 35.4 Å². The molecule has 2 fully saturated rings. The second-order valence-corrected chi connectivity index (χ2v) is 8.95. The van der Waals surface area contributed by atoms with Gasteiger partial charge in [0.1, 0.15) is 5.92 Å². The summed E-state index contributed by atoms with van der Waals surface area (Å²) in [5.74, 6) is -1.70. The van der Waals surface area contributed by atoms with Crippen LogP contribution in [0.15, 0.2) is 48.5 Å². The molecule has 2 aliphatic rings. The Kier molecular flexibility index (Phi) is 8.54. The molecule has 2 aliphatic heterocycles. The van der Waals surface area contributed by atoms with Crippen LogP contribution in [-0.2, 0) is 18.9 Å². The Morgan fingerprint density at radius 1 is 0.771 bits per heavy atom. The van der Waals surface area contributed by atoms with Gasteiger partial charge < -0.3 is 28.7 Å². The molecular formula is C26H33F3N2O4. The number of rotatable bonds is 14. The molecule has 0 saturated carbocycles. The highest BCUT2D eigenvalue weighted by molar-refractivity contribution is 5.52. The van der Waals surface area contributed by atoms with Gasteiger partial charge in [0.2, 0.25) is 0 Å². The predicted octanol–water partition coefficient (Wildman–Crippen LogP) is 4.08. The molecule has 192 valence electrons. The maximum Gasteiger partial charge on any atom is 0.399 e. The normalized spacial score (nSPS) is 19.9. The van der Waals surface area contributed by atoms with Crippen LogP contribution in [0.2, 0.25) is 0 Å². The number of anilines is 2. The summed E-state index contributed by atoms with van der Waals surface area (Å²) in [6.45, 7) is 5.16. The van der Waals surface area contributed by atoms with Crippen LogP contribution in [-0.4, -0.2) is 85.2 Å². The lowest BCUT2D eigenvalue weighted by Crippen LogP contribution is -2.31. The number of ether oxygens (including phenoxy) is 4. The van der Waals surface area contributed by atoms with Crippen LogP contribution in [0.4, 0.5) is 24.5 Å². The third-order valence-electron chi connectivity index (χ3n) is 6.29. The van der Waals surface area contributed by atoms with Gasteiger partial charge >= 0.3 is 6.18 Å². The van der Waals surface area contributed by atoms with Crippen LogP contribution in [0, 0.1) is 0 Å². The molecular weight excluding hydrogens is 461 g/mol. The predicted molar refractivity (Wildman–Crippen MR) is 128 cm³/mol. The van der Waals surface area contributed by atoms with Crippen molar-refractivity contribution in [3.05, 3.63) is 59.7 Å². The fraction of sp³-hybridized carbons (Fsp3) is 0.538. The third kappa shape index (κ3) is 7.33. The lowest BCUT2D eigenvalue weighted by molar-refractivity contribution is -0.141. The number of epoxide rings is 2. The fourth-order valence-corrected chi connectivity index (χ4v) is 4.22. The van der Waals surface area contributed by atoms with E-state index in [2.05, 4.69) is 9.80 Å². The molecule has 0 amide bonds. The summed E-state index contributed by atoms with van der Waals surface area (Å²) in [6.07, 6.45) is -4.08. The standard InChI is InChI=1S/C26H33F3N2O4/c1-32-13-11-30(15-23-17-34-23)21-7-3-19(4-8-21)25(26(27,28)29)20-5-9-22(10-6-20)31(12-14-33-2)16-24-18-35-24/h3-10,23-25H,11-18H2,1-2H3. The Morgan fingerprint density at radius 3 is 1.43 bits per heavy atom. The quantitative estimate of drug-likeness (QED) is 0.369. The molecule has 0 N–H and O–H groups in total.